The fourth-order valence-corrected chi connectivity index (χ4v) is 3.56. The van der Waals surface area contributed by atoms with Gasteiger partial charge in [0.15, 0.2) is 0 Å². The molecule has 3 aromatic rings. The molecule has 0 saturated carbocycles. The molecule has 0 bridgehead atoms. The lowest BCUT2D eigenvalue weighted by atomic mass is 9.97. The number of aromatic hydroxyl groups is 1. The minimum atomic E-state index is -0.473. The number of carbonyl (C=O) groups excluding carboxylic acids is 2. The quantitative estimate of drug-likeness (QED) is 0.747. The highest BCUT2D eigenvalue weighted by atomic mass is 16.3. The van der Waals surface area contributed by atoms with E-state index in [1.54, 1.807) is 12.1 Å². The van der Waals surface area contributed by atoms with Crippen LogP contribution in [-0.4, -0.2) is 21.5 Å². The van der Waals surface area contributed by atoms with Gasteiger partial charge in [0.25, 0.3) is 0 Å². The molecule has 0 unspecified atom stereocenters. The van der Waals surface area contributed by atoms with Crippen LogP contribution in [0.4, 0.5) is 5.69 Å². The van der Waals surface area contributed by atoms with E-state index < -0.39 is 5.92 Å². The lowest BCUT2D eigenvalue weighted by Gasteiger charge is -2.15. The molecule has 5 nitrogen and oxygen atoms in total. The molecule has 126 valence electrons. The number of hydrogen-bond acceptors (Lipinski definition) is 3. The van der Waals surface area contributed by atoms with Crippen LogP contribution in [-0.2, 0) is 16.1 Å². The highest BCUT2D eigenvalue weighted by molar-refractivity contribution is 6.23. The van der Waals surface area contributed by atoms with Crippen LogP contribution >= 0.6 is 0 Å². The van der Waals surface area contributed by atoms with Gasteiger partial charge in [0.1, 0.15) is 5.75 Å². The van der Waals surface area contributed by atoms with Gasteiger partial charge >= 0.3 is 0 Å². The summed E-state index contributed by atoms with van der Waals surface area (Å²) < 4.78 is 2.10. The molecule has 0 aliphatic carbocycles. The lowest BCUT2D eigenvalue weighted by Crippen LogP contribution is -2.29. The van der Waals surface area contributed by atoms with E-state index in [1.807, 2.05) is 30.5 Å². The number of rotatable bonds is 3. The van der Waals surface area contributed by atoms with Crippen molar-refractivity contribution in [1.29, 1.82) is 0 Å². The monoisotopic (exact) mass is 334 g/mol. The Labute approximate surface area is 145 Å². The number of imide groups is 1. The van der Waals surface area contributed by atoms with Crippen molar-refractivity contribution < 1.29 is 14.7 Å². The van der Waals surface area contributed by atoms with E-state index in [2.05, 4.69) is 11.5 Å². The van der Waals surface area contributed by atoms with Gasteiger partial charge in [-0.2, -0.15) is 0 Å². The number of hydrogen-bond donors (Lipinski definition) is 1. The van der Waals surface area contributed by atoms with Gasteiger partial charge in [0.05, 0.1) is 11.6 Å². The minimum absolute atomic E-state index is 0.102. The van der Waals surface area contributed by atoms with Crippen molar-refractivity contribution in [3.8, 4) is 5.75 Å². The summed E-state index contributed by atoms with van der Waals surface area (Å²) >= 11 is 0. The molecule has 1 N–H and O–H groups in total. The first kappa shape index (κ1) is 15.4. The van der Waals surface area contributed by atoms with Gasteiger partial charge in [-0.05, 0) is 42.8 Å². The van der Waals surface area contributed by atoms with Gasteiger partial charge < -0.3 is 9.67 Å². The van der Waals surface area contributed by atoms with Crippen molar-refractivity contribution >= 4 is 28.4 Å². The van der Waals surface area contributed by atoms with Gasteiger partial charge in [0, 0.05) is 30.1 Å². The summed E-state index contributed by atoms with van der Waals surface area (Å²) in [5.74, 6) is -0.798. The van der Waals surface area contributed by atoms with Gasteiger partial charge in [-0.3, -0.25) is 14.5 Å². The number of benzene rings is 2. The second-order valence-corrected chi connectivity index (χ2v) is 6.23. The van der Waals surface area contributed by atoms with Crippen molar-refractivity contribution in [2.45, 2.75) is 25.8 Å². The molecule has 2 aromatic carbocycles. The van der Waals surface area contributed by atoms with Gasteiger partial charge in [-0.25, -0.2) is 0 Å². The molecule has 2 amide bonds. The predicted octanol–water partition coefficient (Wildman–Crippen LogP) is 3.41. The summed E-state index contributed by atoms with van der Waals surface area (Å²) in [4.78, 5) is 26.7. The first-order chi connectivity index (χ1) is 12.1. The number of phenolic OH excluding ortho intramolecular Hbond substituents is 1. The van der Waals surface area contributed by atoms with Crippen molar-refractivity contribution in [3.05, 3.63) is 60.3 Å². The Bertz CT molecular complexity index is 972. The van der Waals surface area contributed by atoms with Crippen LogP contribution in [0.15, 0.2) is 54.7 Å². The Kier molecular flexibility index (Phi) is 3.57. The topological polar surface area (TPSA) is 62.5 Å². The summed E-state index contributed by atoms with van der Waals surface area (Å²) in [5.41, 5.74) is 2.47. The predicted molar refractivity (Wildman–Crippen MR) is 95.6 cm³/mol. The number of aryl methyl sites for hydroxylation is 1. The maximum atomic E-state index is 13.0. The number of anilines is 1. The van der Waals surface area contributed by atoms with Crippen LogP contribution in [0.1, 0.15) is 24.8 Å². The Morgan fingerprint density at radius 1 is 1.08 bits per heavy atom. The zero-order valence-corrected chi connectivity index (χ0v) is 13.8. The van der Waals surface area contributed by atoms with E-state index in [-0.39, 0.29) is 24.0 Å². The van der Waals surface area contributed by atoms with Crippen LogP contribution in [0.5, 0.6) is 5.75 Å². The summed E-state index contributed by atoms with van der Waals surface area (Å²) in [6.07, 6.45) is 2.15. The number of amides is 2. The lowest BCUT2D eigenvalue weighted by molar-refractivity contribution is -0.121. The maximum Gasteiger partial charge on any atom is 0.241 e. The third-order valence-corrected chi connectivity index (χ3v) is 4.79. The molecule has 1 fully saturated rings. The van der Waals surface area contributed by atoms with Gasteiger partial charge in [-0.1, -0.05) is 18.2 Å². The first-order valence-electron chi connectivity index (χ1n) is 8.33. The standard InChI is InChI=1S/C20H18N2O3/c1-2-21-12-17(15-5-3-4-6-18(15)21)16-11-19(24)22(20(16)25)13-7-9-14(23)10-8-13/h3-10,12,16,23H,2,11H2,1H3/t16-/m0/s1. The van der Waals surface area contributed by atoms with Gasteiger partial charge in [0.2, 0.25) is 11.8 Å². The van der Waals surface area contributed by atoms with E-state index in [0.717, 1.165) is 23.0 Å². The Morgan fingerprint density at radius 2 is 1.80 bits per heavy atom. The van der Waals surface area contributed by atoms with E-state index >= 15 is 0 Å². The van der Waals surface area contributed by atoms with Crippen LogP contribution in [0.3, 0.4) is 0 Å². The average Bonchev–Trinajstić information content (AvgIpc) is 3.13. The molecular formula is C20H18N2O3. The van der Waals surface area contributed by atoms with E-state index in [1.165, 1.54) is 17.0 Å². The molecule has 25 heavy (non-hydrogen) atoms. The van der Waals surface area contributed by atoms with Crippen LogP contribution in [0.2, 0.25) is 0 Å². The van der Waals surface area contributed by atoms with E-state index in [0.29, 0.717) is 5.69 Å². The minimum Gasteiger partial charge on any atom is -0.508 e. The second-order valence-electron chi connectivity index (χ2n) is 6.23. The maximum absolute atomic E-state index is 13.0. The summed E-state index contributed by atoms with van der Waals surface area (Å²) in [5, 5.41) is 10.4. The number of aromatic nitrogens is 1. The zero-order chi connectivity index (χ0) is 17.6. The molecule has 0 spiro atoms. The largest absolute Gasteiger partial charge is 0.508 e. The average molecular weight is 334 g/mol. The van der Waals surface area contributed by atoms with E-state index in [4.69, 9.17) is 0 Å². The highest BCUT2D eigenvalue weighted by Gasteiger charge is 2.41. The second kappa shape index (κ2) is 5.77. The Balaban J connectivity index is 1.77. The molecule has 0 radical (unpaired) electrons. The third kappa shape index (κ3) is 2.39. The van der Waals surface area contributed by atoms with E-state index in [9.17, 15) is 14.7 Å². The van der Waals surface area contributed by atoms with Crippen molar-refractivity contribution in [2.75, 3.05) is 4.90 Å². The number of para-hydroxylation sites is 1. The summed E-state index contributed by atoms with van der Waals surface area (Å²) in [6.45, 7) is 2.86. The number of fused-ring (bicyclic) bond motifs is 1. The number of nitrogens with zero attached hydrogens (tertiary/aromatic N) is 2. The zero-order valence-electron chi connectivity index (χ0n) is 13.8. The van der Waals surface area contributed by atoms with Crippen LogP contribution < -0.4 is 4.90 Å². The molecule has 1 atom stereocenters. The Morgan fingerprint density at radius 3 is 2.52 bits per heavy atom. The Hall–Kier alpha value is -3.08. The molecule has 1 saturated heterocycles. The molecular weight excluding hydrogens is 316 g/mol. The molecule has 2 heterocycles. The normalized spacial score (nSPS) is 17.6. The van der Waals surface area contributed by atoms with Crippen molar-refractivity contribution in [2.24, 2.45) is 0 Å². The van der Waals surface area contributed by atoms with Crippen molar-refractivity contribution in [3.63, 3.8) is 0 Å². The summed E-state index contributed by atoms with van der Waals surface area (Å²) in [6, 6.07) is 14.1. The summed E-state index contributed by atoms with van der Waals surface area (Å²) in [7, 11) is 0. The fraction of sp³-hybridized carbons (Fsp3) is 0.200. The van der Waals surface area contributed by atoms with Crippen LogP contribution in [0, 0.1) is 0 Å². The highest BCUT2D eigenvalue weighted by Crippen LogP contribution is 2.37. The molecule has 5 heteroatoms. The number of carbonyl (C=O) groups is 2. The SMILES string of the molecule is CCn1cc([C@@H]2CC(=O)N(c3ccc(O)cc3)C2=O)c2ccccc21. The molecule has 4 rings (SSSR count). The molecule has 1 aromatic heterocycles. The third-order valence-electron chi connectivity index (χ3n) is 4.79. The fourth-order valence-electron chi connectivity index (χ4n) is 3.56. The molecule has 1 aliphatic rings. The van der Waals surface area contributed by atoms with Gasteiger partial charge in [-0.15, -0.1) is 0 Å². The number of phenols is 1. The van der Waals surface area contributed by atoms with Crippen LogP contribution in [0.25, 0.3) is 10.9 Å². The smallest absolute Gasteiger partial charge is 0.241 e. The molecule has 1 aliphatic heterocycles. The van der Waals surface area contributed by atoms with Crippen molar-refractivity contribution in [1.82, 2.24) is 4.57 Å². The first-order valence-corrected chi connectivity index (χ1v) is 8.33.